The van der Waals surface area contributed by atoms with Crippen LogP contribution in [0.1, 0.15) is 19.8 Å². The Bertz CT molecular complexity index is 464. The molecular formula is C12H15ClFN3O2. The Labute approximate surface area is 115 Å². The maximum Gasteiger partial charge on any atom is 0.325 e. The summed E-state index contributed by atoms with van der Waals surface area (Å²) in [5.41, 5.74) is 0. The SMILES string of the molecule is CCN1CCC(C(=O)Oc2ncc(F)c(Cl)n2)CC1. The molecule has 0 N–H and O–H groups in total. The van der Waals surface area contributed by atoms with Gasteiger partial charge in [0.1, 0.15) is 0 Å². The standard InChI is InChI=1S/C12H15ClFN3O2/c1-2-17-5-3-8(4-6-17)11(18)19-12-15-7-9(14)10(13)16-12/h7-8H,2-6H2,1H3. The third-order valence-electron chi connectivity index (χ3n) is 3.24. The highest BCUT2D eigenvalue weighted by molar-refractivity contribution is 6.29. The van der Waals surface area contributed by atoms with Crippen LogP contribution >= 0.6 is 11.6 Å². The Morgan fingerprint density at radius 3 is 2.84 bits per heavy atom. The van der Waals surface area contributed by atoms with Crippen molar-refractivity contribution in [2.45, 2.75) is 19.8 Å². The van der Waals surface area contributed by atoms with E-state index in [9.17, 15) is 9.18 Å². The van der Waals surface area contributed by atoms with Gasteiger partial charge >= 0.3 is 12.0 Å². The third-order valence-corrected chi connectivity index (χ3v) is 3.50. The van der Waals surface area contributed by atoms with E-state index in [0.717, 1.165) is 38.7 Å². The first kappa shape index (κ1) is 14.1. The summed E-state index contributed by atoms with van der Waals surface area (Å²) in [6.07, 6.45) is 2.39. The van der Waals surface area contributed by atoms with Gasteiger partial charge in [-0.2, -0.15) is 4.98 Å². The van der Waals surface area contributed by atoms with Gasteiger partial charge in [0.25, 0.3) is 0 Å². The molecule has 1 aromatic rings. The molecule has 5 nitrogen and oxygen atoms in total. The Balaban J connectivity index is 1.92. The topological polar surface area (TPSA) is 55.3 Å². The second-order valence-corrected chi connectivity index (χ2v) is 4.78. The lowest BCUT2D eigenvalue weighted by molar-refractivity contribution is -0.141. The van der Waals surface area contributed by atoms with Gasteiger partial charge in [-0.05, 0) is 32.5 Å². The molecule has 0 radical (unpaired) electrons. The molecule has 0 aliphatic carbocycles. The largest absolute Gasteiger partial charge is 0.391 e. The highest BCUT2D eigenvalue weighted by atomic mass is 35.5. The summed E-state index contributed by atoms with van der Waals surface area (Å²) in [5.74, 6) is -1.27. The number of aromatic nitrogens is 2. The molecule has 0 atom stereocenters. The Kier molecular flexibility index (Phi) is 4.66. The Morgan fingerprint density at radius 1 is 1.58 bits per heavy atom. The minimum absolute atomic E-state index is 0.157. The normalized spacial score (nSPS) is 17.4. The van der Waals surface area contributed by atoms with Crippen LogP contribution < -0.4 is 4.74 Å². The second kappa shape index (κ2) is 6.25. The fourth-order valence-electron chi connectivity index (χ4n) is 2.04. The summed E-state index contributed by atoms with van der Waals surface area (Å²) in [6.45, 7) is 4.83. The van der Waals surface area contributed by atoms with Crippen molar-refractivity contribution >= 4 is 17.6 Å². The summed E-state index contributed by atoms with van der Waals surface area (Å²) in [5, 5.41) is -0.349. The van der Waals surface area contributed by atoms with Crippen LogP contribution in [0.3, 0.4) is 0 Å². The van der Waals surface area contributed by atoms with Gasteiger partial charge in [0.15, 0.2) is 11.0 Å². The van der Waals surface area contributed by atoms with Crippen LogP contribution in [-0.2, 0) is 4.79 Å². The van der Waals surface area contributed by atoms with Gasteiger partial charge in [-0.1, -0.05) is 18.5 Å². The van der Waals surface area contributed by atoms with Crippen molar-refractivity contribution < 1.29 is 13.9 Å². The minimum Gasteiger partial charge on any atom is -0.391 e. The molecule has 0 saturated carbocycles. The zero-order valence-electron chi connectivity index (χ0n) is 10.6. The van der Waals surface area contributed by atoms with E-state index in [2.05, 4.69) is 21.8 Å². The number of carbonyl (C=O) groups excluding carboxylic acids is 1. The van der Waals surface area contributed by atoms with Crippen LogP contribution in [0.4, 0.5) is 4.39 Å². The van der Waals surface area contributed by atoms with Gasteiger partial charge in [0, 0.05) is 0 Å². The number of nitrogens with zero attached hydrogens (tertiary/aromatic N) is 3. The number of piperidine rings is 1. The van der Waals surface area contributed by atoms with E-state index in [1.54, 1.807) is 0 Å². The molecule has 2 rings (SSSR count). The molecule has 2 heterocycles. The molecule has 0 unspecified atom stereocenters. The highest BCUT2D eigenvalue weighted by Crippen LogP contribution is 2.20. The lowest BCUT2D eigenvalue weighted by atomic mass is 9.97. The molecule has 0 amide bonds. The molecule has 1 aliphatic heterocycles. The van der Waals surface area contributed by atoms with Crippen LogP contribution in [-0.4, -0.2) is 40.5 Å². The van der Waals surface area contributed by atoms with Crippen molar-refractivity contribution in [3.8, 4) is 6.01 Å². The van der Waals surface area contributed by atoms with E-state index in [1.807, 2.05) is 0 Å². The van der Waals surface area contributed by atoms with Gasteiger partial charge in [-0.3, -0.25) is 4.79 Å². The molecule has 19 heavy (non-hydrogen) atoms. The molecule has 104 valence electrons. The average molecular weight is 288 g/mol. The first-order valence-electron chi connectivity index (χ1n) is 6.22. The van der Waals surface area contributed by atoms with E-state index in [1.165, 1.54) is 0 Å². The summed E-state index contributed by atoms with van der Waals surface area (Å²) in [6, 6.07) is -0.200. The van der Waals surface area contributed by atoms with Crippen LogP contribution in [0, 0.1) is 11.7 Å². The smallest absolute Gasteiger partial charge is 0.325 e. The zero-order valence-corrected chi connectivity index (χ0v) is 11.4. The summed E-state index contributed by atoms with van der Waals surface area (Å²) >= 11 is 5.50. The predicted molar refractivity (Wildman–Crippen MR) is 67.5 cm³/mol. The molecule has 1 aliphatic rings. The molecule has 1 saturated heterocycles. The first-order chi connectivity index (χ1) is 9.10. The number of hydrogen-bond donors (Lipinski definition) is 0. The van der Waals surface area contributed by atoms with Crippen molar-refractivity contribution in [3.05, 3.63) is 17.2 Å². The van der Waals surface area contributed by atoms with Crippen LogP contribution in [0.5, 0.6) is 6.01 Å². The lowest BCUT2D eigenvalue weighted by Crippen LogP contribution is -2.37. The number of rotatable bonds is 3. The molecular weight excluding hydrogens is 273 g/mol. The van der Waals surface area contributed by atoms with Crippen molar-refractivity contribution in [2.24, 2.45) is 5.92 Å². The quantitative estimate of drug-likeness (QED) is 0.628. The van der Waals surface area contributed by atoms with Crippen molar-refractivity contribution in [2.75, 3.05) is 19.6 Å². The number of esters is 1. The average Bonchev–Trinajstić information content (AvgIpc) is 2.43. The van der Waals surface area contributed by atoms with Crippen LogP contribution in [0.15, 0.2) is 6.20 Å². The molecule has 7 heteroatoms. The lowest BCUT2D eigenvalue weighted by Gasteiger charge is -2.29. The third kappa shape index (κ3) is 3.61. The van der Waals surface area contributed by atoms with Crippen molar-refractivity contribution in [1.82, 2.24) is 14.9 Å². The number of hydrogen-bond acceptors (Lipinski definition) is 5. The number of halogens is 2. The Hall–Kier alpha value is -1.27. The van der Waals surface area contributed by atoms with E-state index in [0.29, 0.717) is 0 Å². The summed E-state index contributed by atoms with van der Waals surface area (Å²) < 4.78 is 17.9. The summed E-state index contributed by atoms with van der Waals surface area (Å²) in [7, 11) is 0. The molecule has 0 spiro atoms. The number of likely N-dealkylation sites (tertiary alicyclic amines) is 1. The van der Waals surface area contributed by atoms with Gasteiger partial charge in [0.2, 0.25) is 0 Å². The van der Waals surface area contributed by atoms with Crippen LogP contribution in [0.25, 0.3) is 0 Å². The maximum atomic E-state index is 12.9. The van der Waals surface area contributed by atoms with Crippen molar-refractivity contribution in [1.29, 1.82) is 0 Å². The first-order valence-corrected chi connectivity index (χ1v) is 6.60. The van der Waals surface area contributed by atoms with Gasteiger partial charge in [-0.25, -0.2) is 9.37 Å². The molecule has 1 fully saturated rings. The maximum absolute atomic E-state index is 12.9. The zero-order chi connectivity index (χ0) is 13.8. The fraction of sp³-hybridized carbons (Fsp3) is 0.583. The van der Waals surface area contributed by atoms with E-state index in [-0.39, 0.29) is 23.1 Å². The molecule has 0 bridgehead atoms. The second-order valence-electron chi connectivity index (χ2n) is 4.42. The van der Waals surface area contributed by atoms with E-state index >= 15 is 0 Å². The number of ether oxygens (including phenoxy) is 1. The molecule has 0 aromatic carbocycles. The Morgan fingerprint density at radius 2 is 2.26 bits per heavy atom. The van der Waals surface area contributed by atoms with Gasteiger partial charge < -0.3 is 9.64 Å². The van der Waals surface area contributed by atoms with Gasteiger partial charge in [0.05, 0.1) is 12.1 Å². The van der Waals surface area contributed by atoms with Gasteiger partial charge in [-0.15, -0.1) is 0 Å². The minimum atomic E-state index is -0.738. The number of carbonyl (C=O) groups is 1. The molecule has 1 aromatic heterocycles. The van der Waals surface area contributed by atoms with E-state index < -0.39 is 5.82 Å². The van der Waals surface area contributed by atoms with Crippen molar-refractivity contribution in [3.63, 3.8) is 0 Å². The highest BCUT2D eigenvalue weighted by Gasteiger charge is 2.26. The predicted octanol–water partition coefficient (Wildman–Crippen LogP) is 1.91. The summed E-state index contributed by atoms with van der Waals surface area (Å²) in [4.78, 5) is 21.3. The fourth-order valence-corrected chi connectivity index (χ4v) is 2.16. The monoisotopic (exact) mass is 287 g/mol. The van der Waals surface area contributed by atoms with E-state index in [4.69, 9.17) is 16.3 Å². The van der Waals surface area contributed by atoms with Crippen LogP contribution in [0.2, 0.25) is 5.15 Å².